The summed E-state index contributed by atoms with van der Waals surface area (Å²) in [5.41, 5.74) is 0.344. The molecule has 3 amide bonds. The van der Waals surface area contributed by atoms with E-state index in [-0.39, 0.29) is 45.8 Å². The summed E-state index contributed by atoms with van der Waals surface area (Å²) in [6, 6.07) is 2.73. The summed E-state index contributed by atoms with van der Waals surface area (Å²) >= 11 is 11.8. The van der Waals surface area contributed by atoms with Crippen molar-refractivity contribution >= 4 is 40.9 Å². The van der Waals surface area contributed by atoms with E-state index in [9.17, 15) is 14.4 Å². The number of ether oxygens (including phenoxy) is 1. The van der Waals surface area contributed by atoms with Crippen molar-refractivity contribution in [3.8, 4) is 0 Å². The van der Waals surface area contributed by atoms with E-state index in [1.807, 2.05) is 13.8 Å². The van der Waals surface area contributed by atoms with Crippen molar-refractivity contribution < 1.29 is 19.1 Å². The summed E-state index contributed by atoms with van der Waals surface area (Å²) in [5, 5.41) is 0.390. The Morgan fingerprint density at radius 2 is 1.54 bits per heavy atom. The summed E-state index contributed by atoms with van der Waals surface area (Å²) in [5.74, 6) is -1.35. The van der Waals surface area contributed by atoms with E-state index in [0.29, 0.717) is 13.1 Å². The summed E-state index contributed by atoms with van der Waals surface area (Å²) < 4.78 is 5.59. The molecule has 128 valence electrons. The number of carbonyl (C=O) groups is 3. The highest BCUT2D eigenvalue weighted by molar-refractivity contribution is 6.43. The highest BCUT2D eigenvalue weighted by Crippen LogP contribution is 2.31. The standard InChI is InChI=1S/C16H16Cl2N2O4/c1-8-5-19(6-9(2)24-8)14(21)7-20-15(22)10-3-12(17)13(18)4-11(10)16(20)23/h3-4,8-9H,5-7H2,1-2H3/t8-,9+. The number of rotatable bonds is 2. The van der Waals surface area contributed by atoms with E-state index in [1.54, 1.807) is 4.90 Å². The number of carbonyl (C=O) groups excluding carboxylic acids is 3. The molecule has 0 unspecified atom stereocenters. The molecular weight excluding hydrogens is 355 g/mol. The van der Waals surface area contributed by atoms with Crippen LogP contribution in [0.2, 0.25) is 10.0 Å². The molecule has 2 heterocycles. The molecule has 2 aliphatic rings. The van der Waals surface area contributed by atoms with Gasteiger partial charge >= 0.3 is 0 Å². The molecule has 8 heteroatoms. The third kappa shape index (κ3) is 3.01. The predicted molar refractivity (Wildman–Crippen MR) is 88.4 cm³/mol. The quantitative estimate of drug-likeness (QED) is 0.748. The number of imide groups is 1. The number of nitrogens with zero attached hydrogens (tertiary/aromatic N) is 2. The average molecular weight is 371 g/mol. The van der Waals surface area contributed by atoms with Crippen molar-refractivity contribution in [3.63, 3.8) is 0 Å². The lowest BCUT2D eigenvalue weighted by Gasteiger charge is -2.35. The Morgan fingerprint density at radius 3 is 2.00 bits per heavy atom. The van der Waals surface area contributed by atoms with Gasteiger partial charge in [0.15, 0.2) is 0 Å². The maximum Gasteiger partial charge on any atom is 0.262 e. The fourth-order valence-electron chi connectivity index (χ4n) is 3.04. The molecule has 0 radical (unpaired) electrons. The first kappa shape index (κ1) is 17.2. The first-order chi connectivity index (χ1) is 11.3. The Labute approximate surface area is 149 Å². The molecule has 0 aliphatic carbocycles. The van der Waals surface area contributed by atoms with Gasteiger partial charge in [-0.25, -0.2) is 0 Å². The lowest BCUT2D eigenvalue weighted by atomic mass is 10.1. The number of hydrogen-bond acceptors (Lipinski definition) is 4. The van der Waals surface area contributed by atoms with Crippen molar-refractivity contribution in [1.29, 1.82) is 0 Å². The number of fused-ring (bicyclic) bond motifs is 1. The molecule has 1 aromatic carbocycles. The summed E-state index contributed by atoms with van der Waals surface area (Å²) in [7, 11) is 0. The molecule has 1 saturated heterocycles. The second-order valence-corrected chi connectivity index (χ2v) is 6.88. The van der Waals surface area contributed by atoms with Crippen molar-refractivity contribution in [2.24, 2.45) is 0 Å². The van der Waals surface area contributed by atoms with Gasteiger partial charge in [0.25, 0.3) is 11.8 Å². The normalized spacial score (nSPS) is 23.7. The van der Waals surface area contributed by atoms with E-state index in [1.165, 1.54) is 12.1 Å². The Bertz CT molecular complexity index is 686. The fourth-order valence-corrected chi connectivity index (χ4v) is 3.37. The zero-order valence-electron chi connectivity index (χ0n) is 13.2. The van der Waals surface area contributed by atoms with Crippen LogP contribution in [-0.4, -0.2) is 59.4 Å². The van der Waals surface area contributed by atoms with E-state index in [0.717, 1.165) is 4.90 Å². The maximum absolute atomic E-state index is 12.5. The van der Waals surface area contributed by atoms with Crippen molar-refractivity contribution in [2.75, 3.05) is 19.6 Å². The third-order valence-electron chi connectivity index (χ3n) is 4.08. The van der Waals surface area contributed by atoms with Crippen LogP contribution in [0.25, 0.3) is 0 Å². The summed E-state index contributed by atoms with van der Waals surface area (Å²) in [4.78, 5) is 39.9. The van der Waals surface area contributed by atoms with Crippen LogP contribution < -0.4 is 0 Å². The summed E-state index contributed by atoms with van der Waals surface area (Å²) in [6.07, 6.45) is -0.171. The van der Waals surface area contributed by atoms with E-state index in [4.69, 9.17) is 27.9 Å². The third-order valence-corrected chi connectivity index (χ3v) is 4.80. The van der Waals surface area contributed by atoms with E-state index >= 15 is 0 Å². The van der Waals surface area contributed by atoms with Crippen LogP contribution in [0, 0.1) is 0 Å². The average Bonchev–Trinajstić information content (AvgIpc) is 2.72. The van der Waals surface area contributed by atoms with Crippen LogP contribution in [0.15, 0.2) is 12.1 Å². The monoisotopic (exact) mass is 370 g/mol. The first-order valence-corrected chi connectivity index (χ1v) is 8.32. The largest absolute Gasteiger partial charge is 0.372 e. The second-order valence-electron chi connectivity index (χ2n) is 6.06. The molecule has 0 saturated carbocycles. The maximum atomic E-state index is 12.5. The van der Waals surface area contributed by atoms with Gasteiger partial charge in [0.05, 0.1) is 33.4 Å². The molecule has 2 aliphatic heterocycles. The Morgan fingerprint density at radius 1 is 1.08 bits per heavy atom. The Kier molecular flexibility index (Phi) is 4.55. The van der Waals surface area contributed by atoms with Gasteiger partial charge in [-0.15, -0.1) is 0 Å². The van der Waals surface area contributed by atoms with Gasteiger partial charge in [0.1, 0.15) is 6.54 Å². The molecule has 1 aromatic rings. The number of benzene rings is 1. The summed E-state index contributed by atoms with van der Waals surface area (Å²) in [6.45, 7) is 4.32. The van der Waals surface area contributed by atoms with E-state index in [2.05, 4.69) is 0 Å². The molecule has 0 bridgehead atoms. The van der Waals surface area contributed by atoms with Gasteiger partial charge in [-0.2, -0.15) is 0 Å². The zero-order valence-corrected chi connectivity index (χ0v) is 14.7. The smallest absolute Gasteiger partial charge is 0.262 e. The van der Waals surface area contributed by atoms with Gasteiger partial charge in [-0.1, -0.05) is 23.2 Å². The molecule has 2 atom stereocenters. The minimum Gasteiger partial charge on any atom is -0.372 e. The van der Waals surface area contributed by atoms with Gasteiger partial charge in [-0.05, 0) is 26.0 Å². The number of morpholine rings is 1. The highest BCUT2D eigenvalue weighted by atomic mass is 35.5. The van der Waals surface area contributed by atoms with Crippen LogP contribution in [0.3, 0.4) is 0 Å². The molecular formula is C16H16Cl2N2O4. The van der Waals surface area contributed by atoms with Gasteiger partial charge in [-0.3, -0.25) is 19.3 Å². The minimum atomic E-state index is -0.531. The fraction of sp³-hybridized carbons (Fsp3) is 0.438. The SMILES string of the molecule is C[C@@H]1CN(C(=O)CN2C(=O)c3cc(Cl)c(Cl)cc3C2=O)C[C@H](C)O1. The second kappa shape index (κ2) is 6.35. The molecule has 0 spiro atoms. The van der Waals surface area contributed by atoms with Crippen molar-refractivity contribution in [1.82, 2.24) is 9.80 Å². The van der Waals surface area contributed by atoms with Crippen molar-refractivity contribution in [2.45, 2.75) is 26.1 Å². The van der Waals surface area contributed by atoms with Crippen LogP contribution >= 0.6 is 23.2 Å². The Hall–Kier alpha value is -1.63. The molecule has 24 heavy (non-hydrogen) atoms. The van der Waals surface area contributed by atoms with E-state index < -0.39 is 11.8 Å². The minimum absolute atomic E-state index is 0.0857. The first-order valence-electron chi connectivity index (χ1n) is 7.56. The van der Waals surface area contributed by atoms with Gasteiger partial charge in [0, 0.05) is 13.1 Å². The molecule has 0 N–H and O–H groups in total. The van der Waals surface area contributed by atoms with Crippen LogP contribution in [0.1, 0.15) is 34.6 Å². The van der Waals surface area contributed by atoms with Crippen LogP contribution in [0.5, 0.6) is 0 Å². The number of hydrogen-bond donors (Lipinski definition) is 0. The van der Waals surface area contributed by atoms with Crippen LogP contribution in [0.4, 0.5) is 0 Å². The predicted octanol–water partition coefficient (Wildman–Crippen LogP) is 2.23. The lowest BCUT2D eigenvalue weighted by molar-refractivity contribution is -0.143. The topological polar surface area (TPSA) is 66.9 Å². The zero-order chi connectivity index (χ0) is 17.6. The van der Waals surface area contributed by atoms with Crippen LogP contribution in [-0.2, 0) is 9.53 Å². The molecule has 6 nitrogen and oxygen atoms in total. The van der Waals surface area contributed by atoms with Gasteiger partial charge < -0.3 is 9.64 Å². The molecule has 3 rings (SSSR count). The molecule has 1 fully saturated rings. The molecule has 0 aromatic heterocycles. The Balaban J connectivity index is 1.78. The van der Waals surface area contributed by atoms with Gasteiger partial charge in [0.2, 0.25) is 5.91 Å². The number of amides is 3. The highest BCUT2D eigenvalue weighted by Gasteiger charge is 2.38. The number of halogens is 2. The van der Waals surface area contributed by atoms with Crippen molar-refractivity contribution in [3.05, 3.63) is 33.3 Å². The lowest BCUT2D eigenvalue weighted by Crippen LogP contribution is -2.51.